The van der Waals surface area contributed by atoms with Gasteiger partial charge < -0.3 is 14.7 Å². The first kappa shape index (κ1) is 18.9. The summed E-state index contributed by atoms with van der Waals surface area (Å²) in [6.45, 7) is 3.70. The molecule has 2 fully saturated rings. The Bertz CT molecular complexity index is 1120. The van der Waals surface area contributed by atoms with Crippen molar-refractivity contribution in [1.82, 2.24) is 15.4 Å². The third-order valence-corrected chi connectivity index (χ3v) is 6.05. The summed E-state index contributed by atoms with van der Waals surface area (Å²) < 4.78 is 5.55. The molecule has 3 aromatic rings. The van der Waals surface area contributed by atoms with Crippen LogP contribution in [-0.4, -0.2) is 41.0 Å². The molecule has 0 radical (unpaired) electrons. The molecule has 5 rings (SSSR count). The number of hydrogen-bond acceptors (Lipinski definition) is 4. The molecule has 0 atom stereocenters. The lowest BCUT2D eigenvalue weighted by Crippen LogP contribution is -2.29. The number of carbonyl (C=O) groups excluding carboxylic acids is 2. The number of nitrogens with one attached hydrogen (secondary N) is 1. The molecule has 2 heterocycles. The molecule has 0 spiro atoms. The summed E-state index contributed by atoms with van der Waals surface area (Å²) in [5.74, 6) is 0.0826. The molecule has 1 saturated carbocycles. The van der Waals surface area contributed by atoms with Crippen molar-refractivity contribution in [2.24, 2.45) is 0 Å². The van der Waals surface area contributed by atoms with Crippen LogP contribution in [-0.2, 0) is 11.2 Å². The molecule has 2 amide bonds. The average Bonchev–Trinajstić information content (AvgIpc) is 3.24. The van der Waals surface area contributed by atoms with E-state index in [1.807, 2.05) is 48.2 Å². The van der Waals surface area contributed by atoms with Gasteiger partial charge in [-0.3, -0.25) is 9.59 Å². The standard InChI is InChI=1S/C24H25N3O3/c1-15-4-5-17(24(29)25-18-7-8-18)12-20(15)16-6-9-19-21(26-30-22(19)13-16)14-23(28)27-10-2-3-11-27/h4-6,9,12-13,18H,2-3,7-8,10-11,14H2,1H3,(H,25,29). The Morgan fingerprint density at radius 1 is 1.13 bits per heavy atom. The van der Waals surface area contributed by atoms with Gasteiger partial charge in [-0.2, -0.15) is 0 Å². The van der Waals surface area contributed by atoms with Crippen molar-refractivity contribution in [3.63, 3.8) is 0 Å². The van der Waals surface area contributed by atoms with E-state index in [4.69, 9.17) is 4.52 Å². The number of aromatic nitrogens is 1. The highest BCUT2D eigenvalue weighted by Gasteiger charge is 2.24. The van der Waals surface area contributed by atoms with Crippen molar-refractivity contribution >= 4 is 22.8 Å². The molecular formula is C24H25N3O3. The van der Waals surface area contributed by atoms with E-state index in [1.54, 1.807) is 0 Å². The minimum absolute atomic E-state index is 0.0257. The molecule has 154 valence electrons. The zero-order chi connectivity index (χ0) is 20.7. The first-order valence-corrected chi connectivity index (χ1v) is 10.7. The summed E-state index contributed by atoms with van der Waals surface area (Å²) >= 11 is 0. The van der Waals surface area contributed by atoms with Gasteiger partial charge in [0.05, 0.1) is 6.42 Å². The highest BCUT2D eigenvalue weighted by molar-refractivity contribution is 5.96. The minimum Gasteiger partial charge on any atom is -0.356 e. The van der Waals surface area contributed by atoms with Gasteiger partial charge in [-0.1, -0.05) is 17.3 Å². The number of nitrogens with zero attached hydrogens (tertiary/aromatic N) is 2. The molecule has 1 aromatic heterocycles. The average molecular weight is 403 g/mol. The van der Waals surface area contributed by atoms with Crippen LogP contribution >= 0.6 is 0 Å². The summed E-state index contributed by atoms with van der Waals surface area (Å²) in [6.07, 6.45) is 4.55. The molecule has 1 aliphatic carbocycles. The maximum Gasteiger partial charge on any atom is 0.251 e. The fraction of sp³-hybridized carbons (Fsp3) is 0.375. The molecule has 1 N–H and O–H groups in total. The Morgan fingerprint density at radius 3 is 2.70 bits per heavy atom. The van der Waals surface area contributed by atoms with Crippen molar-refractivity contribution in [2.45, 2.75) is 45.1 Å². The number of likely N-dealkylation sites (tertiary alicyclic amines) is 1. The van der Waals surface area contributed by atoms with Gasteiger partial charge in [0.25, 0.3) is 5.91 Å². The molecule has 6 nitrogen and oxygen atoms in total. The zero-order valence-electron chi connectivity index (χ0n) is 17.1. The third kappa shape index (κ3) is 3.70. The minimum atomic E-state index is -0.0257. The normalized spacial score (nSPS) is 16.2. The number of benzene rings is 2. The zero-order valence-corrected chi connectivity index (χ0v) is 17.1. The maximum absolute atomic E-state index is 12.5. The summed E-state index contributed by atoms with van der Waals surface area (Å²) in [6, 6.07) is 12.0. The van der Waals surface area contributed by atoms with Crippen LogP contribution < -0.4 is 5.32 Å². The number of rotatable bonds is 5. The summed E-state index contributed by atoms with van der Waals surface area (Å²) in [7, 11) is 0. The van der Waals surface area contributed by atoms with Crippen LogP contribution in [0.1, 0.15) is 47.3 Å². The Balaban J connectivity index is 1.41. The lowest BCUT2D eigenvalue weighted by molar-refractivity contribution is -0.129. The van der Waals surface area contributed by atoms with Gasteiger partial charge in [0.2, 0.25) is 5.91 Å². The second-order valence-electron chi connectivity index (χ2n) is 8.38. The lowest BCUT2D eigenvalue weighted by Gasteiger charge is -2.13. The molecule has 2 aliphatic rings. The van der Waals surface area contributed by atoms with E-state index in [0.29, 0.717) is 22.9 Å². The summed E-state index contributed by atoms with van der Waals surface area (Å²) in [5.41, 5.74) is 5.05. The number of fused-ring (bicyclic) bond motifs is 1. The fourth-order valence-electron chi connectivity index (χ4n) is 4.08. The topological polar surface area (TPSA) is 75.4 Å². The Kier molecular flexibility index (Phi) is 4.77. The highest BCUT2D eigenvalue weighted by Crippen LogP contribution is 2.30. The highest BCUT2D eigenvalue weighted by atomic mass is 16.5. The Hall–Kier alpha value is -3.15. The number of aryl methyl sites for hydroxylation is 1. The molecular weight excluding hydrogens is 378 g/mol. The van der Waals surface area contributed by atoms with Gasteiger partial charge >= 0.3 is 0 Å². The first-order valence-electron chi connectivity index (χ1n) is 10.7. The molecule has 1 saturated heterocycles. The maximum atomic E-state index is 12.5. The van der Waals surface area contributed by atoms with Crippen molar-refractivity contribution < 1.29 is 14.1 Å². The van der Waals surface area contributed by atoms with E-state index < -0.39 is 0 Å². The van der Waals surface area contributed by atoms with E-state index in [0.717, 1.165) is 60.8 Å². The van der Waals surface area contributed by atoms with E-state index >= 15 is 0 Å². The second-order valence-corrected chi connectivity index (χ2v) is 8.38. The summed E-state index contributed by atoms with van der Waals surface area (Å²) in [5, 5.41) is 8.07. The Morgan fingerprint density at radius 2 is 1.93 bits per heavy atom. The van der Waals surface area contributed by atoms with Crippen molar-refractivity contribution in [3.8, 4) is 11.1 Å². The molecule has 1 aliphatic heterocycles. The van der Waals surface area contributed by atoms with Crippen LogP contribution in [0.4, 0.5) is 0 Å². The van der Waals surface area contributed by atoms with Crippen LogP contribution in [0.25, 0.3) is 22.1 Å². The molecule has 6 heteroatoms. The number of hydrogen-bond donors (Lipinski definition) is 1. The van der Waals surface area contributed by atoms with Gasteiger partial charge in [-0.15, -0.1) is 0 Å². The fourth-order valence-corrected chi connectivity index (χ4v) is 4.08. The van der Waals surface area contributed by atoms with Crippen molar-refractivity contribution in [3.05, 3.63) is 53.2 Å². The Labute approximate surface area is 175 Å². The van der Waals surface area contributed by atoms with Gasteiger partial charge in [0, 0.05) is 30.1 Å². The second kappa shape index (κ2) is 7.59. The van der Waals surface area contributed by atoms with Gasteiger partial charge in [-0.25, -0.2) is 0 Å². The number of carbonyl (C=O) groups is 2. The van der Waals surface area contributed by atoms with Crippen LogP contribution in [0.2, 0.25) is 0 Å². The van der Waals surface area contributed by atoms with Crippen molar-refractivity contribution in [2.75, 3.05) is 13.1 Å². The van der Waals surface area contributed by atoms with Crippen LogP contribution in [0.15, 0.2) is 40.9 Å². The van der Waals surface area contributed by atoms with Gasteiger partial charge in [0.15, 0.2) is 5.58 Å². The quantitative estimate of drug-likeness (QED) is 0.702. The molecule has 30 heavy (non-hydrogen) atoms. The van der Waals surface area contributed by atoms with E-state index in [2.05, 4.69) is 10.5 Å². The lowest BCUT2D eigenvalue weighted by atomic mass is 9.97. The third-order valence-electron chi connectivity index (χ3n) is 6.05. The molecule has 0 unspecified atom stereocenters. The SMILES string of the molecule is Cc1ccc(C(=O)NC2CC2)cc1-c1ccc2c(CC(=O)N3CCCC3)noc2c1. The van der Waals surface area contributed by atoms with Gasteiger partial charge in [0.1, 0.15) is 5.69 Å². The monoisotopic (exact) mass is 403 g/mol. The van der Waals surface area contributed by atoms with Gasteiger partial charge in [-0.05, 0) is 73.6 Å². The van der Waals surface area contributed by atoms with Crippen LogP contribution in [0.5, 0.6) is 0 Å². The van der Waals surface area contributed by atoms with Crippen LogP contribution in [0, 0.1) is 6.92 Å². The number of amides is 2. The molecule has 0 bridgehead atoms. The van der Waals surface area contributed by atoms with Crippen LogP contribution in [0.3, 0.4) is 0 Å². The summed E-state index contributed by atoms with van der Waals surface area (Å²) in [4.78, 5) is 26.8. The largest absolute Gasteiger partial charge is 0.356 e. The predicted molar refractivity (Wildman–Crippen MR) is 114 cm³/mol. The smallest absolute Gasteiger partial charge is 0.251 e. The van der Waals surface area contributed by atoms with E-state index in [1.165, 1.54) is 0 Å². The first-order chi connectivity index (χ1) is 14.6. The van der Waals surface area contributed by atoms with E-state index in [9.17, 15) is 9.59 Å². The predicted octanol–water partition coefficient (Wildman–Crippen LogP) is 3.86. The van der Waals surface area contributed by atoms with E-state index in [-0.39, 0.29) is 18.2 Å². The molecule has 2 aromatic carbocycles. The van der Waals surface area contributed by atoms with Crippen molar-refractivity contribution in [1.29, 1.82) is 0 Å².